The Kier molecular flexibility index (Phi) is 2.60. The normalized spacial score (nSPS) is 33.1. The molecule has 4 amide bonds. The van der Waals surface area contributed by atoms with Crippen molar-refractivity contribution in [1.29, 1.82) is 0 Å². The lowest BCUT2D eigenvalue weighted by atomic mass is 9.94. The van der Waals surface area contributed by atoms with E-state index in [0.29, 0.717) is 0 Å². The van der Waals surface area contributed by atoms with Crippen molar-refractivity contribution in [2.45, 2.75) is 50.5 Å². The van der Waals surface area contributed by atoms with E-state index in [0.717, 1.165) is 12.8 Å². The molecule has 18 heavy (non-hydrogen) atoms. The minimum atomic E-state index is -0.197. The molecule has 0 spiro atoms. The molecule has 6 nitrogen and oxygen atoms in total. The van der Waals surface area contributed by atoms with Crippen LogP contribution in [0.15, 0.2) is 0 Å². The van der Waals surface area contributed by atoms with Crippen LogP contribution in [0.5, 0.6) is 0 Å². The number of hydrogen-bond acceptors (Lipinski definition) is 2. The predicted octanol–water partition coefficient (Wildman–Crippen LogP) is 0.994. The van der Waals surface area contributed by atoms with Gasteiger partial charge in [0.2, 0.25) is 0 Å². The van der Waals surface area contributed by atoms with E-state index in [9.17, 15) is 9.59 Å². The lowest BCUT2D eigenvalue weighted by molar-refractivity contribution is 0.0961. The van der Waals surface area contributed by atoms with Crippen LogP contribution >= 0.6 is 0 Å². The number of urea groups is 2. The molecule has 1 saturated carbocycles. The molecular formula is C12H20N4O2. The number of amides is 4. The summed E-state index contributed by atoms with van der Waals surface area (Å²) in [5.74, 6) is 0. The summed E-state index contributed by atoms with van der Waals surface area (Å²) in [4.78, 5) is 29.3. The average Bonchev–Trinajstić information content (AvgIpc) is 2.82. The summed E-state index contributed by atoms with van der Waals surface area (Å²) in [7, 11) is 3.52. The second kappa shape index (κ2) is 4.03. The van der Waals surface area contributed by atoms with E-state index in [-0.39, 0.29) is 30.4 Å². The Bertz CT molecular complexity index is 380. The molecule has 6 heteroatoms. The molecule has 0 aromatic carbocycles. The molecule has 1 N–H and O–H groups in total. The molecule has 2 unspecified atom stereocenters. The van der Waals surface area contributed by atoms with Gasteiger partial charge in [0.15, 0.2) is 0 Å². The van der Waals surface area contributed by atoms with Crippen LogP contribution < -0.4 is 5.32 Å². The SMILES string of the molecule is CN1C(=O)N(C)C2C1NC(=O)N2C1CCCCC1. The lowest BCUT2D eigenvalue weighted by Gasteiger charge is -2.35. The van der Waals surface area contributed by atoms with Gasteiger partial charge in [0.1, 0.15) is 12.3 Å². The molecule has 2 atom stereocenters. The quantitative estimate of drug-likeness (QED) is 0.756. The van der Waals surface area contributed by atoms with Crippen molar-refractivity contribution in [3.63, 3.8) is 0 Å². The Balaban J connectivity index is 1.85. The molecule has 2 aliphatic heterocycles. The topological polar surface area (TPSA) is 55.9 Å². The number of nitrogens with one attached hydrogen (secondary N) is 1. The monoisotopic (exact) mass is 252 g/mol. The Labute approximate surface area is 107 Å². The number of nitrogens with zero attached hydrogens (tertiary/aromatic N) is 3. The van der Waals surface area contributed by atoms with Crippen LogP contribution in [0.4, 0.5) is 9.59 Å². The molecule has 3 fully saturated rings. The van der Waals surface area contributed by atoms with Gasteiger partial charge in [-0.3, -0.25) is 4.90 Å². The van der Waals surface area contributed by atoms with Crippen LogP contribution in [-0.4, -0.2) is 59.2 Å². The first kappa shape index (κ1) is 11.6. The maximum Gasteiger partial charge on any atom is 0.323 e. The van der Waals surface area contributed by atoms with E-state index in [1.54, 1.807) is 23.9 Å². The van der Waals surface area contributed by atoms with Gasteiger partial charge in [-0.2, -0.15) is 0 Å². The summed E-state index contributed by atoms with van der Waals surface area (Å²) < 4.78 is 0. The molecule has 0 radical (unpaired) electrons. The molecular weight excluding hydrogens is 232 g/mol. The van der Waals surface area contributed by atoms with E-state index in [4.69, 9.17) is 0 Å². The fourth-order valence-electron chi connectivity index (χ4n) is 3.47. The van der Waals surface area contributed by atoms with Gasteiger partial charge < -0.3 is 15.1 Å². The first-order chi connectivity index (χ1) is 8.61. The highest BCUT2D eigenvalue weighted by atomic mass is 16.2. The van der Waals surface area contributed by atoms with Crippen molar-refractivity contribution < 1.29 is 9.59 Å². The van der Waals surface area contributed by atoms with Crippen molar-refractivity contribution in [2.24, 2.45) is 0 Å². The van der Waals surface area contributed by atoms with Crippen LogP contribution in [0.2, 0.25) is 0 Å². The number of rotatable bonds is 1. The minimum absolute atomic E-state index is 0.0224. The number of likely N-dealkylation sites (N-methyl/N-ethyl adjacent to an activating group) is 2. The fraction of sp³-hybridized carbons (Fsp3) is 0.833. The van der Waals surface area contributed by atoms with Gasteiger partial charge in [0.05, 0.1) is 0 Å². The highest BCUT2D eigenvalue weighted by molar-refractivity contribution is 5.84. The third-order valence-corrected chi connectivity index (χ3v) is 4.46. The second-order valence-electron chi connectivity index (χ2n) is 5.51. The lowest BCUT2D eigenvalue weighted by Crippen LogP contribution is -2.50. The Morgan fingerprint density at radius 2 is 1.72 bits per heavy atom. The molecule has 1 aliphatic carbocycles. The summed E-state index contributed by atoms with van der Waals surface area (Å²) in [5, 5.41) is 2.92. The number of hydrogen-bond donors (Lipinski definition) is 1. The van der Waals surface area contributed by atoms with Crippen LogP contribution in [0.25, 0.3) is 0 Å². The number of carbonyl (C=O) groups is 2. The van der Waals surface area contributed by atoms with Crippen LogP contribution in [0.1, 0.15) is 32.1 Å². The Hall–Kier alpha value is -1.46. The van der Waals surface area contributed by atoms with Crippen molar-refractivity contribution in [3.05, 3.63) is 0 Å². The molecule has 2 saturated heterocycles. The van der Waals surface area contributed by atoms with Crippen molar-refractivity contribution in [1.82, 2.24) is 20.0 Å². The van der Waals surface area contributed by atoms with E-state index in [1.807, 2.05) is 4.90 Å². The molecule has 3 rings (SSSR count). The molecule has 0 bridgehead atoms. The van der Waals surface area contributed by atoms with E-state index in [1.165, 1.54) is 19.3 Å². The maximum atomic E-state index is 12.1. The van der Waals surface area contributed by atoms with Crippen molar-refractivity contribution in [2.75, 3.05) is 14.1 Å². The largest absolute Gasteiger partial charge is 0.323 e. The Morgan fingerprint density at radius 3 is 2.39 bits per heavy atom. The van der Waals surface area contributed by atoms with Gasteiger partial charge in [-0.15, -0.1) is 0 Å². The zero-order chi connectivity index (χ0) is 12.9. The number of fused-ring (bicyclic) bond motifs is 1. The van der Waals surface area contributed by atoms with Crippen LogP contribution in [0.3, 0.4) is 0 Å². The van der Waals surface area contributed by atoms with Gasteiger partial charge in [0.25, 0.3) is 0 Å². The van der Waals surface area contributed by atoms with Gasteiger partial charge in [-0.05, 0) is 12.8 Å². The number of carbonyl (C=O) groups excluding carboxylic acids is 2. The highest BCUT2D eigenvalue weighted by Crippen LogP contribution is 2.32. The molecule has 0 aromatic heterocycles. The first-order valence-corrected chi connectivity index (χ1v) is 6.69. The van der Waals surface area contributed by atoms with Crippen molar-refractivity contribution in [3.8, 4) is 0 Å². The van der Waals surface area contributed by atoms with Gasteiger partial charge >= 0.3 is 12.1 Å². The zero-order valence-electron chi connectivity index (χ0n) is 10.9. The summed E-state index contributed by atoms with van der Waals surface area (Å²) >= 11 is 0. The average molecular weight is 252 g/mol. The minimum Gasteiger partial charge on any atom is -0.314 e. The van der Waals surface area contributed by atoms with E-state index in [2.05, 4.69) is 5.32 Å². The Morgan fingerprint density at radius 1 is 1.06 bits per heavy atom. The molecule has 100 valence electrons. The molecule has 2 heterocycles. The standard InChI is InChI=1S/C12H20N4O2/c1-14-9-10(15(2)12(14)18)16(11(17)13-9)8-6-4-3-5-7-8/h8-10H,3-7H2,1-2H3,(H,13,17). The fourth-order valence-corrected chi connectivity index (χ4v) is 3.47. The highest BCUT2D eigenvalue weighted by Gasteiger charge is 2.54. The van der Waals surface area contributed by atoms with E-state index < -0.39 is 0 Å². The predicted molar refractivity (Wildman–Crippen MR) is 65.7 cm³/mol. The molecule has 3 aliphatic rings. The first-order valence-electron chi connectivity index (χ1n) is 6.69. The third kappa shape index (κ3) is 1.47. The summed E-state index contributed by atoms with van der Waals surface area (Å²) in [6, 6.07) is 0.240. The maximum absolute atomic E-state index is 12.1. The van der Waals surface area contributed by atoms with Crippen LogP contribution in [0, 0.1) is 0 Å². The summed E-state index contributed by atoms with van der Waals surface area (Å²) in [6.45, 7) is 0. The molecule has 0 aromatic rings. The smallest absolute Gasteiger partial charge is 0.314 e. The van der Waals surface area contributed by atoms with Gasteiger partial charge in [-0.25, -0.2) is 9.59 Å². The van der Waals surface area contributed by atoms with E-state index >= 15 is 0 Å². The summed E-state index contributed by atoms with van der Waals surface area (Å²) in [5.41, 5.74) is 0. The third-order valence-electron chi connectivity index (χ3n) is 4.46. The summed E-state index contributed by atoms with van der Waals surface area (Å²) in [6.07, 6.45) is 5.40. The van der Waals surface area contributed by atoms with Crippen LogP contribution in [-0.2, 0) is 0 Å². The second-order valence-corrected chi connectivity index (χ2v) is 5.51. The van der Waals surface area contributed by atoms with Gasteiger partial charge in [0, 0.05) is 20.1 Å². The van der Waals surface area contributed by atoms with Gasteiger partial charge in [-0.1, -0.05) is 19.3 Å². The van der Waals surface area contributed by atoms with Crippen molar-refractivity contribution >= 4 is 12.1 Å². The zero-order valence-corrected chi connectivity index (χ0v) is 10.9.